The minimum absolute atomic E-state index is 0.555. The van der Waals surface area contributed by atoms with Gasteiger partial charge in [0.2, 0.25) is 0 Å². The summed E-state index contributed by atoms with van der Waals surface area (Å²) < 4.78 is 1.99. The third kappa shape index (κ3) is 1.81. The molecule has 2 heterocycles. The molecule has 0 unspecified atom stereocenters. The highest BCUT2D eigenvalue weighted by atomic mass is 16.1. The van der Waals surface area contributed by atoms with E-state index in [-0.39, 0.29) is 0 Å². The van der Waals surface area contributed by atoms with Crippen LogP contribution in [0, 0.1) is 5.92 Å². The van der Waals surface area contributed by atoms with Crippen LogP contribution >= 0.6 is 0 Å². The van der Waals surface area contributed by atoms with Gasteiger partial charge in [0, 0.05) is 25.2 Å². The molecule has 0 bridgehead atoms. The van der Waals surface area contributed by atoms with E-state index in [0.29, 0.717) is 11.6 Å². The van der Waals surface area contributed by atoms with Gasteiger partial charge < -0.3 is 0 Å². The van der Waals surface area contributed by atoms with Gasteiger partial charge in [-0.15, -0.1) is 0 Å². The van der Waals surface area contributed by atoms with Crippen LogP contribution in [0.25, 0.3) is 0 Å². The van der Waals surface area contributed by atoms with Gasteiger partial charge in [-0.1, -0.05) is 13.8 Å². The summed E-state index contributed by atoms with van der Waals surface area (Å²) in [6.07, 6.45) is 0.870. The molecule has 4 heteroatoms. The number of aldehydes is 1. The van der Waals surface area contributed by atoms with Gasteiger partial charge in [0.25, 0.3) is 0 Å². The van der Waals surface area contributed by atoms with Crippen molar-refractivity contribution in [3.05, 3.63) is 17.0 Å². The Morgan fingerprint density at radius 2 is 2.20 bits per heavy atom. The topological polar surface area (TPSA) is 38.1 Å². The van der Waals surface area contributed by atoms with Gasteiger partial charge >= 0.3 is 0 Å². The molecule has 0 radical (unpaired) electrons. The van der Waals surface area contributed by atoms with E-state index in [1.807, 2.05) is 4.68 Å². The largest absolute Gasteiger partial charge is 0.296 e. The lowest BCUT2D eigenvalue weighted by Gasteiger charge is -2.10. The second-order valence-corrected chi connectivity index (χ2v) is 4.68. The molecule has 82 valence electrons. The second-order valence-electron chi connectivity index (χ2n) is 4.68. The molecule has 4 nitrogen and oxygen atoms in total. The number of carbonyl (C=O) groups is 1. The zero-order chi connectivity index (χ0) is 11.0. The fraction of sp³-hybridized carbons (Fsp3) is 0.636. The van der Waals surface area contributed by atoms with Crippen LogP contribution in [-0.2, 0) is 19.6 Å². The fourth-order valence-electron chi connectivity index (χ4n) is 2.08. The number of nitrogens with zero attached hydrogens (tertiary/aromatic N) is 3. The molecule has 0 saturated carbocycles. The second kappa shape index (κ2) is 3.77. The normalized spacial score (nSPS) is 16.0. The molecule has 1 aliphatic heterocycles. The van der Waals surface area contributed by atoms with Gasteiger partial charge in [-0.3, -0.25) is 14.4 Å². The molecule has 2 rings (SSSR count). The van der Waals surface area contributed by atoms with Crippen LogP contribution in [0.15, 0.2) is 0 Å². The first-order valence-electron chi connectivity index (χ1n) is 5.34. The molecular weight excluding hydrogens is 190 g/mol. The van der Waals surface area contributed by atoms with Crippen molar-refractivity contribution < 1.29 is 4.79 Å². The van der Waals surface area contributed by atoms with E-state index in [9.17, 15) is 4.79 Å². The summed E-state index contributed by atoms with van der Waals surface area (Å²) in [4.78, 5) is 13.1. The minimum atomic E-state index is 0.555. The molecular formula is C11H17N3O. The smallest absolute Gasteiger partial charge is 0.170 e. The lowest BCUT2D eigenvalue weighted by Crippen LogP contribution is -2.14. The van der Waals surface area contributed by atoms with E-state index in [4.69, 9.17) is 0 Å². The highest BCUT2D eigenvalue weighted by molar-refractivity contribution is 5.75. The summed E-state index contributed by atoms with van der Waals surface area (Å²) in [7, 11) is 2.06. The Balaban J connectivity index is 2.37. The lowest BCUT2D eigenvalue weighted by atomic mass is 10.2. The Morgan fingerprint density at radius 1 is 1.47 bits per heavy atom. The Labute approximate surface area is 89.9 Å². The van der Waals surface area contributed by atoms with Crippen molar-refractivity contribution in [1.29, 1.82) is 0 Å². The standard InChI is InChI=1S/C11H17N3O/c1-8(2)4-14-11-6-13(3)5-9(11)10(7-15)12-14/h7-8H,4-6H2,1-3H3. The molecule has 1 aromatic rings. The summed E-state index contributed by atoms with van der Waals surface area (Å²) in [5.41, 5.74) is 2.96. The van der Waals surface area contributed by atoms with Crippen LogP contribution in [0.2, 0.25) is 0 Å². The monoisotopic (exact) mass is 207 g/mol. The van der Waals surface area contributed by atoms with Crippen molar-refractivity contribution in [3.63, 3.8) is 0 Å². The van der Waals surface area contributed by atoms with E-state index in [1.54, 1.807) is 0 Å². The zero-order valence-corrected chi connectivity index (χ0v) is 9.53. The number of rotatable bonds is 3. The lowest BCUT2D eigenvalue weighted by molar-refractivity contribution is 0.111. The maximum Gasteiger partial charge on any atom is 0.170 e. The predicted molar refractivity (Wildman–Crippen MR) is 57.6 cm³/mol. The van der Waals surface area contributed by atoms with Gasteiger partial charge in [0.1, 0.15) is 5.69 Å². The van der Waals surface area contributed by atoms with Gasteiger partial charge in [0.05, 0.1) is 5.69 Å². The molecule has 0 spiro atoms. The van der Waals surface area contributed by atoms with E-state index < -0.39 is 0 Å². The van der Waals surface area contributed by atoms with Crippen LogP contribution in [0.5, 0.6) is 0 Å². The summed E-state index contributed by atoms with van der Waals surface area (Å²) in [5, 5.41) is 4.35. The van der Waals surface area contributed by atoms with Crippen LogP contribution in [0.1, 0.15) is 35.6 Å². The minimum Gasteiger partial charge on any atom is -0.296 e. The Kier molecular flexibility index (Phi) is 2.61. The average molecular weight is 207 g/mol. The third-order valence-corrected chi connectivity index (χ3v) is 2.69. The first-order chi connectivity index (χ1) is 7.11. The van der Waals surface area contributed by atoms with Crippen molar-refractivity contribution in [2.45, 2.75) is 33.5 Å². The first kappa shape index (κ1) is 10.4. The fourth-order valence-corrected chi connectivity index (χ4v) is 2.08. The van der Waals surface area contributed by atoms with Crippen LogP contribution in [0.4, 0.5) is 0 Å². The molecule has 1 aromatic heterocycles. The maximum atomic E-state index is 10.9. The number of fused-ring (bicyclic) bond motifs is 1. The molecule has 0 amide bonds. The Morgan fingerprint density at radius 3 is 2.80 bits per heavy atom. The summed E-state index contributed by atoms with van der Waals surface area (Å²) in [6.45, 7) is 6.97. The Bertz CT molecular complexity index is 381. The molecule has 15 heavy (non-hydrogen) atoms. The van der Waals surface area contributed by atoms with Gasteiger partial charge in [-0.2, -0.15) is 5.10 Å². The van der Waals surface area contributed by atoms with Crippen molar-refractivity contribution in [2.24, 2.45) is 5.92 Å². The van der Waals surface area contributed by atoms with E-state index in [1.165, 1.54) is 5.69 Å². The van der Waals surface area contributed by atoms with Crippen LogP contribution < -0.4 is 0 Å². The molecule has 0 aliphatic carbocycles. The number of carbonyl (C=O) groups excluding carboxylic acids is 1. The molecule has 1 aliphatic rings. The maximum absolute atomic E-state index is 10.9. The highest BCUT2D eigenvalue weighted by Gasteiger charge is 2.25. The van der Waals surface area contributed by atoms with Gasteiger partial charge in [-0.05, 0) is 13.0 Å². The van der Waals surface area contributed by atoms with Gasteiger partial charge in [-0.25, -0.2) is 0 Å². The average Bonchev–Trinajstić information content (AvgIpc) is 2.64. The van der Waals surface area contributed by atoms with E-state index in [0.717, 1.165) is 31.5 Å². The quantitative estimate of drug-likeness (QED) is 0.701. The zero-order valence-electron chi connectivity index (χ0n) is 9.53. The Hall–Kier alpha value is -1.16. The molecule has 0 saturated heterocycles. The first-order valence-corrected chi connectivity index (χ1v) is 5.34. The highest BCUT2D eigenvalue weighted by Crippen LogP contribution is 2.24. The predicted octanol–water partition coefficient (Wildman–Crippen LogP) is 1.30. The van der Waals surface area contributed by atoms with Crippen molar-refractivity contribution in [2.75, 3.05) is 7.05 Å². The third-order valence-electron chi connectivity index (χ3n) is 2.69. The SMILES string of the molecule is CC(C)Cn1nc(C=O)c2c1CN(C)C2. The number of hydrogen-bond acceptors (Lipinski definition) is 3. The van der Waals surface area contributed by atoms with Crippen molar-refractivity contribution >= 4 is 6.29 Å². The van der Waals surface area contributed by atoms with Crippen LogP contribution in [0.3, 0.4) is 0 Å². The van der Waals surface area contributed by atoms with Gasteiger partial charge in [0.15, 0.2) is 6.29 Å². The van der Waals surface area contributed by atoms with Crippen molar-refractivity contribution in [1.82, 2.24) is 14.7 Å². The summed E-state index contributed by atoms with van der Waals surface area (Å²) >= 11 is 0. The van der Waals surface area contributed by atoms with E-state index in [2.05, 4.69) is 30.9 Å². The van der Waals surface area contributed by atoms with Crippen LogP contribution in [-0.4, -0.2) is 28.0 Å². The molecule has 0 N–H and O–H groups in total. The molecule has 0 fully saturated rings. The van der Waals surface area contributed by atoms with Crippen molar-refractivity contribution in [3.8, 4) is 0 Å². The molecule has 0 aromatic carbocycles. The molecule has 0 atom stereocenters. The number of hydrogen-bond donors (Lipinski definition) is 0. The summed E-state index contributed by atoms with van der Waals surface area (Å²) in [6, 6.07) is 0. The van der Waals surface area contributed by atoms with E-state index >= 15 is 0 Å². The summed E-state index contributed by atoms with van der Waals surface area (Å²) in [5.74, 6) is 0.555. The number of aromatic nitrogens is 2.